The largest absolute Gasteiger partial charge is 0.396 e. The first-order chi connectivity index (χ1) is 10.3. The molecule has 0 aromatic heterocycles. The second kappa shape index (κ2) is 22.4. The normalized spacial score (nSPS) is 11.7. The smallest absolute Gasteiger partial charge is 0.0433 e. The van der Waals surface area contributed by atoms with Gasteiger partial charge in [0.25, 0.3) is 0 Å². The first-order valence-electron chi connectivity index (χ1n) is 8.81. The number of aliphatic hydroxyl groups excluding tert-OH is 2. The van der Waals surface area contributed by atoms with Crippen LogP contribution in [0.25, 0.3) is 0 Å². The van der Waals surface area contributed by atoms with Crippen molar-refractivity contribution < 1.29 is 10.2 Å². The van der Waals surface area contributed by atoms with E-state index in [1.54, 1.807) is 0 Å². The Bertz CT molecular complexity index is 254. The van der Waals surface area contributed by atoms with Crippen LogP contribution in [0.3, 0.4) is 0 Å². The van der Waals surface area contributed by atoms with Crippen LogP contribution in [-0.2, 0) is 0 Å². The molecule has 0 aromatic rings. The Kier molecular flexibility index (Phi) is 29.1. The van der Waals surface area contributed by atoms with E-state index in [9.17, 15) is 0 Å². The van der Waals surface area contributed by atoms with Crippen LogP contribution < -0.4 is 0 Å². The topological polar surface area (TPSA) is 40.5 Å². The molecule has 0 amide bonds. The van der Waals surface area contributed by atoms with Gasteiger partial charge in [-0.25, -0.2) is 0 Å². The number of aliphatic hydroxyl groups is 2. The fourth-order valence-electron chi connectivity index (χ4n) is 2.04. The standard InChI is InChI=1S/2C10H20O.2CH4/c2*1-9(2)5-4-6-10(3)7-8-11;;/h2*5,10-11H,4,6-8H2,1-3H3;2*1H4/t2*10-;;/m10../s1. The molecular formula is C22H48O2. The van der Waals surface area contributed by atoms with Crippen LogP contribution in [0.2, 0.25) is 0 Å². The highest BCUT2D eigenvalue weighted by molar-refractivity contribution is 4.93. The van der Waals surface area contributed by atoms with Gasteiger partial charge in [0.2, 0.25) is 0 Å². The first kappa shape index (κ1) is 31.2. The molecule has 2 N–H and O–H groups in total. The van der Waals surface area contributed by atoms with Gasteiger partial charge in [0.1, 0.15) is 0 Å². The van der Waals surface area contributed by atoms with Crippen LogP contribution in [0.4, 0.5) is 0 Å². The molecule has 0 spiro atoms. The molecule has 0 aliphatic carbocycles. The first-order valence-corrected chi connectivity index (χ1v) is 8.81. The number of hydrogen-bond acceptors (Lipinski definition) is 2. The van der Waals surface area contributed by atoms with Crippen molar-refractivity contribution in [2.45, 2.75) is 94.9 Å². The Labute approximate surface area is 154 Å². The highest BCUT2D eigenvalue weighted by atomic mass is 16.3. The second-order valence-electron chi connectivity index (χ2n) is 6.95. The van der Waals surface area contributed by atoms with Crippen molar-refractivity contribution in [1.82, 2.24) is 0 Å². The molecule has 0 saturated heterocycles. The SMILES string of the molecule is C.C.CC(C)=CCC[C@@H](C)CCO.CC(C)=CCC[C@H](C)CCO. The van der Waals surface area contributed by atoms with Gasteiger partial charge in [-0.05, 0) is 78.1 Å². The zero-order valence-electron chi connectivity index (χ0n) is 15.9. The summed E-state index contributed by atoms with van der Waals surface area (Å²) in [6, 6.07) is 0. The zero-order valence-corrected chi connectivity index (χ0v) is 15.9. The van der Waals surface area contributed by atoms with E-state index in [1.165, 1.54) is 24.0 Å². The quantitative estimate of drug-likeness (QED) is 0.429. The summed E-state index contributed by atoms with van der Waals surface area (Å²) in [5.41, 5.74) is 2.78. The van der Waals surface area contributed by atoms with Gasteiger partial charge in [0.05, 0.1) is 0 Å². The van der Waals surface area contributed by atoms with Crippen LogP contribution in [0.5, 0.6) is 0 Å². The van der Waals surface area contributed by atoms with E-state index in [-0.39, 0.29) is 14.9 Å². The summed E-state index contributed by atoms with van der Waals surface area (Å²) in [6.07, 6.45) is 11.1. The third-order valence-electron chi connectivity index (χ3n) is 3.67. The zero-order chi connectivity index (χ0) is 17.4. The Morgan fingerprint density at radius 1 is 0.667 bits per heavy atom. The van der Waals surface area contributed by atoms with Gasteiger partial charge in [-0.1, -0.05) is 52.0 Å². The highest BCUT2D eigenvalue weighted by Crippen LogP contribution is 2.11. The van der Waals surface area contributed by atoms with Gasteiger partial charge in [-0.3, -0.25) is 0 Å². The molecular weight excluding hydrogens is 296 g/mol. The summed E-state index contributed by atoms with van der Waals surface area (Å²) < 4.78 is 0. The van der Waals surface area contributed by atoms with Gasteiger partial charge in [-0.15, -0.1) is 0 Å². The predicted octanol–water partition coefficient (Wildman–Crippen LogP) is 6.77. The van der Waals surface area contributed by atoms with Gasteiger partial charge >= 0.3 is 0 Å². The minimum atomic E-state index is 0. The van der Waals surface area contributed by atoms with Crippen molar-refractivity contribution >= 4 is 0 Å². The lowest BCUT2D eigenvalue weighted by Gasteiger charge is -2.06. The van der Waals surface area contributed by atoms with Crippen LogP contribution in [0, 0.1) is 11.8 Å². The second-order valence-corrected chi connectivity index (χ2v) is 6.95. The summed E-state index contributed by atoms with van der Waals surface area (Å²) in [5.74, 6) is 1.33. The van der Waals surface area contributed by atoms with Crippen molar-refractivity contribution in [2.24, 2.45) is 11.8 Å². The van der Waals surface area contributed by atoms with Crippen LogP contribution in [-0.4, -0.2) is 23.4 Å². The maximum Gasteiger partial charge on any atom is 0.0433 e. The Balaban J connectivity index is -0.000000154. The molecule has 0 aliphatic heterocycles. The summed E-state index contributed by atoms with van der Waals surface area (Å²) in [7, 11) is 0. The lowest BCUT2D eigenvalue weighted by molar-refractivity contribution is 0.258. The third kappa shape index (κ3) is 29.4. The highest BCUT2D eigenvalue weighted by Gasteiger charge is 1.99. The lowest BCUT2D eigenvalue weighted by Crippen LogP contribution is -1.96. The monoisotopic (exact) mass is 344 g/mol. The van der Waals surface area contributed by atoms with Crippen molar-refractivity contribution in [2.75, 3.05) is 13.2 Å². The molecule has 2 heteroatoms. The average molecular weight is 345 g/mol. The summed E-state index contributed by atoms with van der Waals surface area (Å²) in [6.45, 7) is 13.5. The summed E-state index contributed by atoms with van der Waals surface area (Å²) in [5, 5.41) is 17.3. The van der Waals surface area contributed by atoms with Crippen molar-refractivity contribution in [3.05, 3.63) is 23.3 Å². The molecule has 0 saturated carbocycles. The summed E-state index contributed by atoms with van der Waals surface area (Å²) >= 11 is 0. The Morgan fingerprint density at radius 2 is 0.958 bits per heavy atom. The van der Waals surface area contributed by atoms with E-state index in [4.69, 9.17) is 10.2 Å². The van der Waals surface area contributed by atoms with Crippen molar-refractivity contribution in [1.29, 1.82) is 0 Å². The fraction of sp³-hybridized carbons (Fsp3) is 0.818. The third-order valence-corrected chi connectivity index (χ3v) is 3.67. The van der Waals surface area contributed by atoms with E-state index in [2.05, 4.69) is 53.7 Å². The molecule has 0 unspecified atom stereocenters. The van der Waals surface area contributed by atoms with E-state index in [1.807, 2.05) is 0 Å². The number of rotatable bonds is 10. The number of hydrogen-bond donors (Lipinski definition) is 2. The fourth-order valence-corrected chi connectivity index (χ4v) is 2.04. The maximum atomic E-state index is 8.63. The van der Waals surface area contributed by atoms with E-state index >= 15 is 0 Å². The predicted molar refractivity (Wildman–Crippen MR) is 113 cm³/mol. The molecule has 0 rings (SSSR count). The van der Waals surface area contributed by atoms with E-state index in [0.717, 1.165) is 25.7 Å². The van der Waals surface area contributed by atoms with Gasteiger partial charge in [-0.2, -0.15) is 0 Å². The molecule has 2 atom stereocenters. The van der Waals surface area contributed by atoms with Gasteiger partial charge in [0.15, 0.2) is 0 Å². The maximum absolute atomic E-state index is 8.63. The Hall–Kier alpha value is -0.600. The van der Waals surface area contributed by atoms with Gasteiger partial charge < -0.3 is 10.2 Å². The number of allylic oxidation sites excluding steroid dienone is 4. The van der Waals surface area contributed by atoms with E-state index in [0.29, 0.717) is 25.0 Å². The molecule has 0 radical (unpaired) electrons. The van der Waals surface area contributed by atoms with Crippen molar-refractivity contribution in [3.8, 4) is 0 Å². The molecule has 2 nitrogen and oxygen atoms in total. The average Bonchev–Trinajstić information content (AvgIpc) is 2.39. The van der Waals surface area contributed by atoms with E-state index < -0.39 is 0 Å². The molecule has 0 fully saturated rings. The minimum Gasteiger partial charge on any atom is -0.396 e. The van der Waals surface area contributed by atoms with Crippen LogP contribution >= 0.6 is 0 Å². The molecule has 0 heterocycles. The minimum absolute atomic E-state index is 0. The molecule has 24 heavy (non-hydrogen) atoms. The molecule has 148 valence electrons. The molecule has 0 aliphatic rings. The molecule has 0 aromatic carbocycles. The van der Waals surface area contributed by atoms with Crippen LogP contribution in [0.15, 0.2) is 23.3 Å². The molecule has 0 bridgehead atoms. The van der Waals surface area contributed by atoms with Gasteiger partial charge in [0, 0.05) is 13.2 Å². The Morgan fingerprint density at radius 3 is 1.17 bits per heavy atom. The lowest BCUT2D eigenvalue weighted by atomic mass is 10.0. The van der Waals surface area contributed by atoms with Crippen LogP contribution in [0.1, 0.15) is 94.9 Å². The van der Waals surface area contributed by atoms with Crippen molar-refractivity contribution in [3.63, 3.8) is 0 Å². The summed E-state index contributed by atoms with van der Waals surface area (Å²) in [4.78, 5) is 0.